The number of aromatic nitrogens is 3. The number of amides is 1. The number of anilines is 1. The van der Waals surface area contributed by atoms with Crippen LogP contribution in [0.1, 0.15) is 21.7 Å². The Hall–Kier alpha value is -5.30. The Morgan fingerprint density at radius 2 is 1.72 bits per heavy atom. The van der Waals surface area contributed by atoms with Gasteiger partial charge in [-0.05, 0) is 55.5 Å². The van der Waals surface area contributed by atoms with E-state index >= 15 is 0 Å². The number of hydrogen-bond acceptors (Lipinski definition) is 6. The summed E-state index contributed by atoms with van der Waals surface area (Å²) in [5, 5.41) is 3.02. The number of hydrogen-bond donors (Lipinski definition) is 1. The van der Waals surface area contributed by atoms with Crippen molar-refractivity contribution < 1.29 is 26.6 Å². The number of carbonyl (C=O) groups excluding carboxylic acids is 1. The Bertz CT molecular complexity index is 2270. The van der Waals surface area contributed by atoms with Gasteiger partial charge in [-0.1, -0.05) is 6.07 Å². The molecule has 1 amide bonds. The number of pyridine rings is 1. The molecule has 3 aromatic heterocycles. The molecule has 0 saturated carbocycles. The van der Waals surface area contributed by atoms with Gasteiger partial charge in [0.15, 0.2) is 5.52 Å². The van der Waals surface area contributed by atoms with Gasteiger partial charge >= 0.3 is 0 Å². The van der Waals surface area contributed by atoms with E-state index in [1.54, 1.807) is 38.2 Å². The summed E-state index contributed by atoms with van der Waals surface area (Å²) in [6.45, 7) is 1.41. The number of rotatable bonds is 7. The summed E-state index contributed by atoms with van der Waals surface area (Å²) < 4.78 is 63.3. The Balaban J connectivity index is 1.58. The zero-order valence-corrected chi connectivity index (χ0v) is 25.8. The van der Waals surface area contributed by atoms with E-state index in [4.69, 9.17) is 4.42 Å². The van der Waals surface area contributed by atoms with Crippen molar-refractivity contribution >= 4 is 44.6 Å². The van der Waals surface area contributed by atoms with Crippen molar-refractivity contribution in [2.75, 3.05) is 24.7 Å². The summed E-state index contributed by atoms with van der Waals surface area (Å²) >= 11 is 0. The second-order valence-corrected chi connectivity index (χ2v) is 11.9. The minimum atomic E-state index is -1.50. The van der Waals surface area contributed by atoms with E-state index < -0.39 is 39.9 Å². The van der Waals surface area contributed by atoms with Crippen LogP contribution in [0.2, 0.25) is 0 Å². The first kappa shape index (κ1) is 30.7. The first-order valence-corrected chi connectivity index (χ1v) is 15.5. The molecule has 13 heteroatoms. The van der Waals surface area contributed by atoms with Crippen LogP contribution in [0.3, 0.4) is 0 Å². The van der Waals surface area contributed by atoms with Crippen LogP contribution in [0.15, 0.2) is 75.9 Å². The fourth-order valence-electron chi connectivity index (χ4n) is 5.26. The number of nitrogens with zero attached hydrogens (tertiary/aromatic N) is 4. The van der Waals surface area contributed by atoms with Gasteiger partial charge < -0.3 is 9.73 Å². The molecule has 0 bridgehead atoms. The molecule has 0 saturated heterocycles. The van der Waals surface area contributed by atoms with E-state index in [0.717, 1.165) is 12.1 Å². The number of aryl methyl sites for hydroxylation is 1. The maximum absolute atomic E-state index is 14.5. The standard InChI is InChI=1S/C33H26F3N5O4S/c1-17-38-26-12-11-25(39-30(26)33(43)41(17)16-19-7-10-21(35)13-24(19)36)22-14-23-28(15-27(22)40(3)46(4)44)45-31(29(23)32(42)37-2)18-5-8-20(34)9-6-18/h5-15H,16H2,1-4H3,(H,37,42). The van der Waals surface area contributed by atoms with Crippen LogP contribution < -0.4 is 15.2 Å². The third-order valence-electron chi connectivity index (χ3n) is 7.71. The highest BCUT2D eigenvalue weighted by molar-refractivity contribution is 7.85. The summed E-state index contributed by atoms with van der Waals surface area (Å²) in [6, 6.07) is 15.2. The second-order valence-electron chi connectivity index (χ2n) is 10.5. The minimum absolute atomic E-state index is 0.0114. The molecule has 0 aliphatic carbocycles. The molecule has 9 nitrogen and oxygen atoms in total. The van der Waals surface area contributed by atoms with E-state index in [-0.39, 0.29) is 28.9 Å². The SMILES string of the molecule is CNC(=O)c1c(-c2ccc(F)cc2)oc2cc(N(C)S(C)=O)c(-c3ccc4nc(C)n(Cc5ccc(F)cc5F)c(=O)c4n3)cc12. The molecule has 0 fully saturated rings. The van der Waals surface area contributed by atoms with Crippen LogP contribution in [-0.4, -0.2) is 45.0 Å². The van der Waals surface area contributed by atoms with E-state index in [9.17, 15) is 27.0 Å². The van der Waals surface area contributed by atoms with Crippen LogP contribution in [0, 0.1) is 24.4 Å². The number of halogens is 3. The maximum atomic E-state index is 14.5. The van der Waals surface area contributed by atoms with E-state index in [1.807, 2.05) is 0 Å². The summed E-state index contributed by atoms with van der Waals surface area (Å²) in [6.07, 6.45) is 1.49. The quantitative estimate of drug-likeness (QED) is 0.237. The van der Waals surface area contributed by atoms with Crippen molar-refractivity contribution in [1.82, 2.24) is 19.9 Å². The number of furan rings is 1. The lowest BCUT2D eigenvalue weighted by Gasteiger charge is -2.20. The van der Waals surface area contributed by atoms with Crippen LogP contribution in [-0.2, 0) is 17.5 Å². The molecule has 6 rings (SSSR count). The number of fused-ring (bicyclic) bond motifs is 2. The topological polar surface area (TPSA) is 110 Å². The maximum Gasteiger partial charge on any atom is 0.280 e. The predicted octanol–water partition coefficient (Wildman–Crippen LogP) is 5.74. The van der Waals surface area contributed by atoms with Gasteiger partial charge in [-0.3, -0.25) is 18.5 Å². The number of nitrogens with one attached hydrogen (secondary N) is 1. The monoisotopic (exact) mass is 645 g/mol. The summed E-state index contributed by atoms with van der Waals surface area (Å²) in [5.74, 6) is -1.92. The van der Waals surface area contributed by atoms with Gasteiger partial charge in [-0.25, -0.2) is 27.3 Å². The molecule has 1 unspecified atom stereocenters. The third kappa shape index (κ3) is 5.42. The zero-order valence-electron chi connectivity index (χ0n) is 25.0. The summed E-state index contributed by atoms with van der Waals surface area (Å²) in [7, 11) is 1.59. The third-order valence-corrected chi connectivity index (χ3v) is 8.67. The average molecular weight is 646 g/mol. The van der Waals surface area contributed by atoms with Crippen molar-refractivity contribution in [1.29, 1.82) is 0 Å². The highest BCUT2D eigenvalue weighted by atomic mass is 32.2. The Morgan fingerprint density at radius 3 is 2.39 bits per heavy atom. The van der Waals surface area contributed by atoms with Gasteiger partial charge in [0.25, 0.3) is 11.5 Å². The molecule has 1 atom stereocenters. The van der Waals surface area contributed by atoms with Crippen LogP contribution in [0.25, 0.3) is 44.6 Å². The molecule has 0 radical (unpaired) electrons. The summed E-state index contributed by atoms with van der Waals surface area (Å²) in [5.41, 5.74) is 1.96. The van der Waals surface area contributed by atoms with Crippen molar-refractivity contribution in [2.45, 2.75) is 13.5 Å². The van der Waals surface area contributed by atoms with E-state index in [0.29, 0.717) is 44.8 Å². The zero-order chi connectivity index (χ0) is 32.9. The largest absolute Gasteiger partial charge is 0.455 e. The van der Waals surface area contributed by atoms with Gasteiger partial charge in [-0.2, -0.15) is 0 Å². The molecule has 0 aliphatic rings. The van der Waals surface area contributed by atoms with Crippen molar-refractivity contribution in [3.05, 3.63) is 111 Å². The van der Waals surface area contributed by atoms with Crippen LogP contribution >= 0.6 is 0 Å². The fourth-order valence-corrected chi connectivity index (χ4v) is 5.68. The molecule has 3 aromatic carbocycles. The van der Waals surface area contributed by atoms with Gasteiger partial charge in [0.05, 0.1) is 29.0 Å². The smallest absolute Gasteiger partial charge is 0.280 e. The van der Waals surface area contributed by atoms with Crippen LogP contribution in [0.5, 0.6) is 0 Å². The average Bonchev–Trinajstić information content (AvgIpc) is 3.41. The molecule has 6 aromatic rings. The Morgan fingerprint density at radius 1 is 1.00 bits per heavy atom. The lowest BCUT2D eigenvalue weighted by molar-refractivity contribution is 0.0964. The van der Waals surface area contributed by atoms with Crippen molar-refractivity contribution in [2.24, 2.45) is 0 Å². The second kappa shape index (κ2) is 11.9. The lowest BCUT2D eigenvalue weighted by atomic mass is 10.0. The highest BCUT2D eigenvalue weighted by Crippen LogP contribution is 2.40. The molecular formula is C33H26F3N5O4S. The minimum Gasteiger partial charge on any atom is -0.455 e. The molecule has 0 spiro atoms. The first-order valence-electron chi connectivity index (χ1n) is 13.9. The molecule has 1 N–H and O–H groups in total. The number of benzene rings is 3. The normalized spacial score (nSPS) is 12.1. The molecule has 0 aliphatic heterocycles. The molecule has 3 heterocycles. The Kier molecular flexibility index (Phi) is 7.94. The van der Waals surface area contributed by atoms with Gasteiger partial charge in [-0.15, -0.1) is 0 Å². The van der Waals surface area contributed by atoms with Gasteiger partial charge in [0, 0.05) is 54.6 Å². The van der Waals surface area contributed by atoms with E-state index in [2.05, 4.69) is 15.3 Å². The fraction of sp³-hybridized carbons (Fsp3) is 0.152. The predicted molar refractivity (Wildman–Crippen MR) is 170 cm³/mol. The van der Waals surface area contributed by atoms with Gasteiger partial charge in [0.2, 0.25) is 0 Å². The van der Waals surface area contributed by atoms with E-state index in [1.165, 1.54) is 52.5 Å². The summed E-state index contributed by atoms with van der Waals surface area (Å²) in [4.78, 5) is 36.1. The van der Waals surface area contributed by atoms with Crippen molar-refractivity contribution in [3.8, 4) is 22.6 Å². The lowest BCUT2D eigenvalue weighted by Crippen LogP contribution is -2.25. The molecule has 234 valence electrons. The van der Waals surface area contributed by atoms with Crippen LogP contribution in [0.4, 0.5) is 18.9 Å². The van der Waals surface area contributed by atoms with Gasteiger partial charge in [0.1, 0.15) is 45.6 Å². The molecular weight excluding hydrogens is 619 g/mol. The number of carbonyl (C=O) groups is 1. The van der Waals surface area contributed by atoms with Crippen molar-refractivity contribution in [3.63, 3.8) is 0 Å². The highest BCUT2D eigenvalue weighted by Gasteiger charge is 2.25. The molecule has 46 heavy (non-hydrogen) atoms. The Labute approximate surface area is 262 Å². The first-order chi connectivity index (χ1) is 22.0.